The Labute approximate surface area is 114 Å². The van der Waals surface area contributed by atoms with Crippen LogP contribution in [0.2, 0.25) is 0 Å². The lowest BCUT2D eigenvalue weighted by molar-refractivity contribution is 0.223. The average molecular weight is 325 g/mol. The summed E-state index contributed by atoms with van der Waals surface area (Å²) in [6, 6.07) is 7.28. The maximum Gasteiger partial charge on any atom is 0.323 e. The number of aliphatic hydroxyl groups is 1. The second kappa shape index (κ2) is 4.38. The Hall–Kier alpha value is -1.37. The van der Waals surface area contributed by atoms with E-state index < -0.39 is 6.10 Å². The molecule has 0 saturated heterocycles. The molecular weight excluding hydrogens is 316 g/mol. The Morgan fingerprint density at radius 3 is 2.72 bits per heavy atom. The molecule has 0 fully saturated rings. The molecule has 1 aromatic carbocycles. The third-order valence-corrected chi connectivity index (χ3v) is 4.67. The Bertz CT molecular complexity index is 759. The molecule has 1 unspecified atom stereocenters. The van der Waals surface area contributed by atoms with E-state index in [0.29, 0.717) is 5.52 Å². The number of thiophene rings is 1. The van der Waals surface area contributed by atoms with Crippen LogP contribution in [0, 0.1) is 0 Å². The molecule has 4 nitrogen and oxygen atoms in total. The molecule has 0 bridgehead atoms. The second-order valence-corrected chi connectivity index (χ2v) is 5.72. The molecule has 0 saturated carbocycles. The summed E-state index contributed by atoms with van der Waals surface area (Å²) in [5.74, 6) is 0. The number of aliphatic hydroxyl groups excluding tert-OH is 1. The molecule has 3 N–H and O–H groups in total. The number of benzene rings is 1. The molecule has 0 amide bonds. The summed E-state index contributed by atoms with van der Waals surface area (Å²) in [6.07, 6.45) is -0.692. The highest BCUT2D eigenvalue weighted by Gasteiger charge is 2.15. The minimum absolute atomic E-state index is 0.242. The van der Waals surface area contributed by atoms with Gasteiger partial charge in [0.25, 0.3) is 0 Å². The largest absolute Gasteiger partial charge is 0.383 e. The van der Waals surface area contributed by atoms with Crippen LogP contribution in [-0.4, -0.2) is 15.1 Å². The van der Waals surface area contributed by atoms with Gasteiger partial charge in [-0.25, -0.2) is 4.79 Å². The van der Waals surface area contributed by atoms with Gasteiger partial charge in [0, 0.05) is 4.47 Å². The topological polar surface area (TPSA) is 68.9 Å². The lowest BCUT2D eigenvalue weighted by atomic mass is 10.1. The van der Waals surface area contributed by atoms with Crippen LogP contribution in [0.15, 0.2) is 38.9 Å². The number of fused-ring (bicyclic) bond motifs is 1. The lowest BCUT2D eigenvalue weighted by Crippen LogP contribution is -1.99. The molecule has 2 heterocycles. The minimum Gasteiger partial charge on any atom is -0.383 e. The monoisotopic (exact) mass is 324 g/mol. The van der Waals surface area contributed by atoms with Crippen molar-refractivity contribution in [1.29, 1.82) is 0 Å². The van der Waals surface area contributed by atoms with Gasteiger partial charge in [-0.15, -0.1) is 11.3 Å². The van der Waals surface area contributed by atoms with Crippen molar-refractivity contribution in [2.75, 3.05) is 0 Å². The molecule has 0 aliphatic carbocycles. The summed E-state index contributed by atoms with van der Waals surface area (Å²) in [5.41, 5.74) is 1.94. The number of rotatable bonds is 2. The van der Waals surface area contributed by atoms with Crippen molar-refractivity contribution < 1.29 is 5.11 Å². The van der Waals surface area contributed by atoms with E-state index in [1.807, 2.05) is 17.5 Å². The molecule has 1 atom stereocenters. The lowest BCUT2D eigenvalue weighted by Gasteiger charge is -2.09. The van der Waals surface area contributed by atoms with Crippen LogP contribution in [-0.2, 0) is 0 Å². The predicted molar refractivity (Wildman–Crippen MR) is 75.0 cm³/mol. The van der Waals surface area contributed by atoms with Crippen LogP contribution in [0.5, 0.6) is 0 Å². The van der Waals surface area contributed by atoms with E-state index in [0.717, 1.165) is 20.4 Å². The zero-order valence-corrected chi connectivity index (χ0v) is 11.5. The standard InChI is InChI=1S/C12H9BrN2O2S/c13-7-3-4-18-11(7)10(16)6-1-2-8-9(5-6)15-12(17)14-8/h1-5,10,16H,(H2,14,15,17). The van der Waals surface area contributed by atoms with Gasteiger partial charge in [0.2, 0.25) is 0 Å². The first-order valence-electron chi connectivity index (χ1n) is 5.28. The third kappa shape index (κ3) is 1.92. The minimum atomic E-state index is -0.692. The van der Waals surface area contributed by atoms with E-state index in [1.165, 1.54) is 11.3 Å². The number of nitrogens with one attached hydrogen (secondary N) is 2. The Balaban J connectivity index is 2.09. The molecule has 0 aliphatic heterocycles. The summed E-state index contributed by atoms with van der Waals surface area (Å²) in [6.45, 7) is 0. The number of H-pyrrole nitrogens is 2. The first kappa shape index (κ1) is 11.7. The Morgan fingerprint density at radius 1 is 1.22 bits per heavy atom. The SMILES string of the molecule is O=c1[nH]c2ccc(C(O)c3sccc3Br)cc2[nH]1. The number of hydrogen-bond donors (Lipinski definition) is 3. The van der Waals surface area contributed by atoms with Crippen molar-refractivity contribution in [2.45, 2.75) is 6.10 Å². The van der Waals surface area contributed by atoms with Gasteiger partial charge in [0.15, 0.2) is 0 Å². The van der Waals surface area contributed by atoms with E-state index >= 15 is 0 Å². The van der Waals surface area contributed by atoms with Crippen molar-refractivity contribution in [3.8, 4) is 0 Å². The summed E-state index contributed by atoms with van der Waals surface area (Å²) in [7, 11) is 0. The van der Waals surface area contributed by atoms with Gasteiger partial charge in [-0.2, -0.15) is 0 Å². The zero-order valence-electron chi connectivity index (χ0n) is 9.11. The normalized spacial score (nSPS) is 13.0. The molecular formula is C12H9BrN2O2S. The molecule has 92 valence electrons. The molecule has 6 heteroatoms. The van der Waals surface area contributed by atoms with E-state index in [4.69, 9.17) is 0 Å². The van der Waals surface area contributed by atoms with Crippen LogP contribution in [0.1, 0.15) is 16.5 Å². The fourth-order valence-electron chi connectivity index (χ4n) is 1.87. The van der Waals surface area contributed by atoms with Crippen molar-refractivity contribution in [3.05, 3.63) is 55.0 Å². The number of hydrogen-bond acceptors (Lipinski definition) is 3. The zero-order chi connectivity index (χ0) is 12.7. The third-order valence-electron chi connectivity index (χ3n) is 2.75. The highest BCUT2D eigenvalue weighted by molar-refractivity contribution is 9.10. The van der Waals surface area contributed by atoms with Gasteiger partial charge in [-0.1, -0.05) is 6.07 Å². The fourth-order valence-corrected chi connectivity index (χ4v) is 3.47. The highest BCUT2D eigenvalue weighted by Crippen LogP contribution is 2.33. The van der Waals surface area contributed by atoms with Crippen LogP contribution in [0.25, 0.3) is 11.0 Å². The second-order valence-electron chi connectivity index (χ2n) is 3.92. The maximum atomic E-state index is 11.2. The highest BCUT2D eigenvalue weighted by atomic mass is 79.9. The summed E-state index contributed by atoms with van der Waals surface area (Å²) in [4.78, 5) is 17.4. The van der Waals surface area contributed by atoms with Crippen LogP contribution in [0.4, 0.5) is 0 Å². The number of aromatic nitrogens is 2. The van der Waals surface area contributed by atoms with E-state index in [-0.39, 0.29) is 5.69 Å². The van der Waals surface area contributed by atoms with Crippen molar-refractivity contribution in [3.63, 3.8) is 0 Å². The van der Waals surface area contributed by atoms with Gasteiger partial charge >= 0.3 is 5.69 Å². The predicted octanol–water partition coefficient (Wildman–Crippen LogP) is 2.76. The summed E-state index contributed by atoms with van der Waals surface area (Å²) < 4.78 is 0.891. The van der Waals surface area contributed by atoms with E-state index in [9.17, 15) is 9.90 Å². The van der Waals surface area contributed by atoms with Gasteiger partial charge in [-0.05, 0) is 45.1 Å². The van der Waals surface area contributed by atoms with Crippen LogP contribution in [0.3, 0.4) is 0 Å². The maximum absolute atomic E-state index is 11.2. The van der Waals surface area contributed by atoms with Crippen LogP contribution >= 0.6 is 27.3 Å². The molecule has 3 rings (SSSR count). The first-order valence-corrected chi connectivity index (χ1v) is 6.95. The molecule has 0 aliphatic rings. The first-order chi connectivity index (χ1) is 8.65. The Kier molecular flexibility index (Phi) is 2.85. The number of imidazole rings is 1. The molecule has 3 aromatic rings. The summed E-state index contributed by atoms with van der Waals surface area (Å²) in [5, 5.41) is 12.2. The van der Waals surface area contributed by atoms with Crippen molar-refractivity contribution in [2.24, 2.45) is 0 Å². The Morgan fingerprint density at radius 2 is 2.00 bits per heavy atom. The van der Waals surface area contributed by atoms with Gasteiger partial charge in [0.1, 0.15) is 6.10 Å². The molecule has 0 radical (unpaired) electrons. The smallest absolute Gasteiger partial charge is 0.323 e. The number of aromatic amines is 2. The quantitative estimate of drug-likeness (QED) is 0.678. The van der Waals surface area contributed by atoms with Crippen molar-refractivity contribution >= 4 is 38.3 Å². The molecule has 18 heavy (non-hydrogen) atoms. The van der Waals surface area contributed by atoms with E-state index in [1.54, 1.807) is 12.1 Å². The number of halogens is 1. The van der Waals surface area contributed by atoms with E-state index in [2.05, 4.69) is 25.9 Å². The van der Waals surface area contributed by atoms with Crippen LogP contribution < -0.4 is 5.69 Å². The molecule has 2 aromatic heterocycles. The van der Waals surface area contributed by atoms with Gasteiger partial charge in [0.05, 0.1) is 15.9 Å². The van der Waals surface area contributed by atoms with Gasteiger partial charge < -0.3 is 15.1 Å². The average Bonchev–Trinajstić information content (AvgIpc) is 2.91. The fraction of sp³-hybridized carbons (Fsp3) is 0.0833. The van der Waals surface area contributed by atoms with Crippen molar-refractivity contribution in [1.82, 2.24) is 9.97 Å². The summed E-state index contributed by atoms with van der Waals surface area (Å²) >= 11 is 4.89. The molecule has 0 spiro atoms. The van der Waals surface area contributed by atoms with Gasteiger partial charge in [-0.3, -0.25) is 0 Å².